The molecule has 0 aliphatic heterocycles. The fraction of sp³-hybridized carbons (Fsp3) is 0.0400. The standard InChI is InChI=1S/C25H21P/c1-4-11-20(12-5-1)19-26-24-18-10-17-23(21-13-6-2-7-14-21)25(24)22-15-8-3-9-16-22/h1-18,26H,19H2. The molecule has 4 aromatic rings. The Morgan fingerprint density at radius 1 is 0.500 bits per heavy atom. The first-order chi connectivity index (χ1) is 12.9. The molecule has 0 heterocycles. The van der Waals surface area contributed by atoms with E-state index < -0.39 is 0 Å². The molecule has 1 heteroatoms. The van der Waals surface area contributed by atoms with E-state index in [9.17, 15) is 0 Å². The molecule has 0 bridgehead atoms. The molecule has 0 nitrogen and oxygen atoms in total. The van der Waals surface area contributed by atoms with Crippen LogP contribution in [0.3, 0.4) is 0 Å². The molecule has 4 aromatic carbocycles. The smallest absolute Gasteiger partial charge is 0.00309 e. The molecule has 0 radical (unpaired) electrons. The van der Waals surface area contributed by atoms with E-state index in [4.69, 9.17) is 0 Å². The molecule has 4 rings (SSSR count). The summed E-state index contributed by atoms with van der Waals surface area (Å²) in [5.41, 5.74) is 6.65. The van der Waals surface area contributed by atoms with Crippen LogP contribution in [0, 0.1) is 0 Å². The molecule has 0 amide bonds. The van der Waals surface area contributed by atoms with Crippen molar-refractivity contribution < 1.29 is 0 Å². The van der Waals surface area contributed by atoms with Crippen LogP contribution < -0.4 is 5.30 Å². The Kier molecular flexibility index (Phi) is 5.24. The predicted octanol–water partition coefficient (Wildman–Crippen LogP) is 6.52. The average molecular weight is 352 g/mol. The molecule has 0 saturated carbocycles. The highest BCUT2D eigenvalue weighted by Gasteiger charge is 2.12. The van der Waals surface area contributed by atoms with E-state index in [2.05, 4.69) is 109 Å². The second-order valence-corrected chi connectivity index (χ2v) is 7.55. The summed E-state index contributed by atoms with van der Waals surface area (Å²) in [5, 5.41) is 1.43. The molecule has 0 aliphatic carbocycles. The lowest BCUT2D eigenvalue weighted by molar-refractivity contribution is 1.41. The Morgan fingerprint density at radius 3 is 1.73 bits per heavy atom. The highest BCUT2D eigenvalue weighted by molar-refractivity contribution is 7.46. The summed E-state index contributed by atoms with van der Waals surface area (Å²) in [5.74, 6) is 0. The van der Waals surface area contributed by atoms with Gasteiger partial charge in [-0.15, -0.1) is 0 Å². The van der Waals surface area contributed by atoms with Crippen molar-refractivity contribution in [3.8, 4) is 22.3 Å². The second-order valence-electron chi connectivity index (χ2n) is 6.30. The second kappa shape index (κ2) is 8.13. The Labute approximate surface area is 157 Å². The van der Waals surface area contributed by atoms with E-state index in [0.29, 0.717) is 0 Å². The molecule has 126 valence electrons. The zero-order chi connectivity index (χ0) is 17.6. The summed E-state index contributed by atoms with van der Waals surface area (Å²) in [6.07, 6.45) is 1.08. The molecule has 0 fully saturated rings. The number of hydrogen-bond donors (Lipinski definition) is 0. The normalized spacial score (nSPS) is 11.1. The molecule has 0 aromatic heterocycles. The Hall–Kier alpha value is -2.69. The van der Waals surface area contributed by atoms with Crippen LogP contribution in [0.2, 0.25) is 0 Å². The van der Waals surface area contributed by atoms with Crippen LogP contribution >= 0.6 is 8.58 Å². The van der Waals surface area contributed by atoms with Gasteiger partial charge in [-0.05, 0) is 39.3 Å². The molecule has 1 unspecified atom stereocenters. The lowest BCUT2D eigenvalue weighted by Gasteiger charge is -2.16. The molecule has 0 saturated heterocycles. The van der Waals surface area contributed by atoms with Crippen molar-refractivity contribution in [2.24, 2.45) is 0 Å². The van der Waals surface area contributed by atoms with Crippen molar-refractivity contribution in [3.63, 3.8) is 0 Å². The van der Waals surface area contributed by atoms with E-state index in [1.54, 1.807) is 0 Å². The summed E-state index contributed by atoms with van der Waals surface area (Å²) in [7, 11) is 0.748. The lowest BCUT2D eigenvalue weighted by atomic mass is 9.94. The molecule has 1 atom stereocenters. The summed E-state index contributed by atoms with van der Waals surface area (Å²) in [4.78, 5) is 0. The maximum absolute atomic E-state index is 2.29. The topological polar surface area (TPSA) is 0 Å². The maximum Gasteiger partial charge on any atom is -0.00309 e. The first-order valence-corrected chi connectivity index (χ1v) is 10.1. The zero-order valence-electron chi connectivity index (χ0n) is 14.6. The minimum absolute atomic E-state index is 0.748. The van der Waals surface area contributed by atoms with Gasteiger partial charge >= 0.3 is 0 Å². The third kappa shape index (κ3) is 3.77. The number of benzene rings is 4. The van der Waals surface area contributed by atoms with Gasteiger partial charge in [-0.25, -0.2) is 0 Å². The van der Waals surface area contributed by atoms with Gasteiger partial charge in [-0.2, -0.15) is 0 Å². The fourth-order valence-electron chi connectivity index (χ4n) is 3.27. The Bertz CT molecular complexity index is 961. The third-order valence-electron chi connectivity index (χ3n) is 4.54. The number of rotatable bonds is 5. The SMILES string of the molecule is c1ccc(CPc2cccc(-c3ccccc3)c2-c2ccccc2)cc1. The molecule has 0 spiro atoms. The minimum atomic E-state index is 0.748. The van der Waals surface area contributed by atoms with Gasteiger partial charge in [0.1, 0.15) is 0 Å². The summed E-state index contributed by atoms with van der Waals surface area (Å²) >= 11 is 0. The highest BCUT2D eigenvalue weighted by atomic mass is 31.1. The third-order valence-corrected chi connectivity index (χ3v) is 5.92. The highest BCUT2D eigenvalue weighted by Crippen LogP contribution is 2.34. The zero-order valence-corrected chi connectivity index (χ0v) is 15.6. The van der Waals surface area contributed by atoms with Crippen molar-refractivity contribution in [1.29, 1.82) is 0 Å². The minimum Gasteiger partial charge on any atom is -0.0852 e. The van der Waals surface area contributed by atoms with Crippen LogP contribution in [0.1, 0.15) is 5.56 Å². The van der Waals surface area contributed by atoms with Gasteiger partial charge in [0.2, 0.25) is 0 Å². The van der Waals surface area contributed by atoms with Crippen molar-refractivity contribution in [2.75, 3.05) is 0 Å². The van der Waals surface area contributed by atoms with Gasteiger partial charge in [0, 0.05) is 0 Å². The fourth-order valence-corrected chi connectivity index (χ4v) is 4.57. The monoisotopic (exact) mass is 352 g/mol. The quantitative estimate of drug-likeness (QED) is 0.358. The van der Waals surface area contributed by atoms with E-state index in [1.807, 2.05) is 0 Å². The number of hydrogen-bond acceptors (Lipinski definition) is 0. The van der Waals surface area contributed by atoms with E-state index in [-0.39, 0.29) is 0 Å². The first-order valence-electron chi connectivity index (χ1n) is 8.93. The van der Waals surface area contributed by atoms with Crippen LogP contribution in [0.5, 0.6) is 0 Å². The maximum atomic E-state index is 2.29. The average Bonchev–Trinajstić information content (AvgIpc) is 2.74. The van der Waals surface area contributed by atoms with Crippen LogP contribution in [-0.4, -0.2) is 0 Å². The molecule has 0 N–H and O–H groups in total. The molecule has 0 aliphatic rings. The van der Waals surface area contributed by atoms with E-state index in [0.717, 1.165) is 14.7 Å². The predicted molar refractivity (Wildman–Crippen MR) is 115 cm³/mol. The van der Waals surface area contributed by atoms with Gasteiger partial charge in [-0.1, -0.05) is 118 Å². The van der Waals surface area contributed by atoms with Crippen LogP contribution in [-0.2, 0) is 6.16 Å². The van der Waals surface area contributed by atoms with Gasteiger partial charge in [0.25, 0.3) is 0 Å². The van der Waals surface area contributed by atoms with Gasteiger partial charge < -0.3 is 0 Å². The van der Waals surface area contributed by atoms with Crippen LogP contribution in [0.25, 0.3) is 22.3 Å². The largest absolute Gasteiger partial charge is 0.0852 e. The van der Waals surface area contributed by atoms with Gasteiger partial charge in [0.05, 0.1) is 0 Å². The Balaban J connectivity index is 1.78. The molecular formula is C25H21P. The first kappa shape index (κ1) is 16.8. The van der Waals surface area contributed by atoms with Gasteiger partial charge in [0.15, 0.2) is 0 Å². The van der Waals surface area contributed by atoms with Crippen molar-refractivity contribution in [3.05, 3.63) is 115 Å². The lowest BCUT2D eigenvalue weighted by Crippen LogP contribution is -2.03. The van der Waals surface area contributed by atoms with Crippen molar-refractivity contribution >= 4 is 13.9 Å². The summed E-state index contributed by atoms with van der Waals surface area (Å²) < 4.78 is 0. The van der Waals surface area contributed by atoms with Crippen LogP contribution in [0.4, 0.5) is 0 Å². The van der Waals surface area contributed by atoms with Crippen LogP contribution in [0.15, 0.2) is 109 Å². The van der Waals surface area contributed by atoms with Crippen molar-refractivity contribution in [1.82, 2.24) is 0 Å². The summed E-state index contributed by atoms with van der Waals surface area (Å²) in [6.45, 7) is 0. The summed E-state index contributed by atoms with van der Waals surface area (Å²) in [6, 6.07) is 39.0. The van der Waals surface area contributed by atoms with Gasteiger partial charge in [-0.3, -0.25) is 0 Å². The van der Waals surface area contributed by atoms with E-state index in [1.165, 1.54) is 33.1 Å². The molecule has 26 heavy (non-hydrogen) atoms. The molecular weight excluding hydrogens is 331 g/mol. The Morgan fingerprint density at radius 2 is 1.08 bits per heavy atom. The van der Waals surface area contributed by atoms with Crippen molar-refractivity contribution in [2.45, 2.75) is 6.16 Å². The van der Waals surface area contributed by atoms with E-state index >= 15 is 0 Å².